The molecule has 4 nitrogen and oxygen atoms in total. The normalized spacial score (nSPS) is 13.2. The summed E-state index contributed by atoms with van der Waals surface area (Å²) < 4.78 is 5.83. The Bertz CT molecular complexity index is 670. The highest BCUT2D eigenvalue weighted by Crippen LogP contribution is 2.28. The third kappa shape index (κ3) is 3.06. The van der Waals surface area contributed by atoms with Gasteiger partial charge in [0.2, 0.25) is 0 Å². The molecule has 0 saturated heterocycles. The number of nitrogens with zero attached hydrogens (tertiary/aromatic N) is 1. The zero-order valence-electron chi connectivity index (χ0n) is 12.7. The summed E-state index contributed by atoms with van der Waals surface area (Å²) >= 11 is 0. The standard InChI is InChI=1S/C18H20N2O2/c1-14(21)15-6-2-5-9-18(15)22-13-12-20-11-10-19-16-7-3-4-8-17(16)20/h2-9,19H,10-13H2,1H3. The molecule has 3 rings (SSSR count). The predicted molar refractivity (Wildman–Crippen MR) is 89.1 cm³/mol. The van der Waals surface area contributed by atoms with E-state index in [-0.39, 0.29) is 5.78 Å². The smallest absolute Gasteiger partial charge is 0.163 e. The van der Waals surface area contributed by atoms with Crippen LogP contribution in [-0.2, 0) is 0 Å². The fourth-order valence-corrected chi connectivity index (χ4v) is 2.73. The second-order valence-electron chi connectivity index (χ2n) is 5.33. The SMILES string of the molecule is CC(=O)c1ccccc1OCCN1CCNc2ccccc21. The van der Waals surface area contributed by atoms with E-state index in [2.05, 4.69) is 22.3 Å². The van der Waals surface area contributed by atoms with Crippen molar-refractivity contribution in [1.82, 2.24) is 0 Å². The Morgan fingerprint density at radius 3 is 2.82 bits per heavy atom. The molecule has 22 heavy (non-hydrogen) atoms. The molecule has 1 N–H and O–H groups in total. The molecule has 1 aliphatic heterocycles. The van der Waals surface area contributed by atoms with Gasteiger partial charge in [0.1, 0.15) is 12.4 Å². The topological polar surface area (TPSA) is 41.6 Å². The molecule has 1 aliphatic rings. The first-order valence-electron chi connectivity index (χ1n) is 7.56. The van der Waals surface area contributed by atoms with Crippen molar-refractivity contribution in [3.05, 3.63) is 54.1 Å². The fraction of sp³-hybridized carbons (Fsp3) is 0.278. The van der Waals surface area contributed by atoms with Crippen LogP contribution in [-0.4, -0.2) is 32.0 Å². The summed E-state index contributed by atoms with van der Waals surface area (Å²) in [6, 6.07) is 15.7. The van der Waals surface area contributed by atoms with Crippen LogP contribution in [0.2, 0.25) is 0 Å². The van der Waals surface area contributed by atoms with E-state index < -0.39 is 0 Å². The van der Waals surface area contributed by atoms with Crippen LogP contribution in [0.5, 0.6) is 5.75 Å². The molecule has 114 valence electrons. The lowest BCUT2D eigenvalue weighted by Crippen LogP contribution is -2.36. The number of benzene rings is 2. The van der Waals surface area contributed by atoms with Crippen molar-refractivity contribution >= 4 is 17.2 Å². The van der Waals surface area contributed by atoms with Crippen molar-refractivity contribution in [3.63, 3.8) is 0 Å². The maximum atomic E-state index is 11.6. The van der Waals surface area contributed by atoms with Gasteiger partial charge in [0, 0.05) is 13.1 Å². The van der Waals surface area contributed by atoms with Crippen LogP contribution in [0, 0.1) is 0 Å². The average molecular weight is 296 g/mol. The highest BCUT2D eigenvalue weighted by molar-refractivity contribution is 5.96. The Kier molecular flexibility index (Phi) is 4.28. The Morgan fingerprint density at radius 1 is 1.18 bits per heavy atom. The summed E-state index contributed by atoms with van der Waals surface area (Å²) in [5.74, 6) is 0.696. The third-order valence-electron chi connectivity index (χ3n) is 3.83. The Morgan fingerprint density at radius 2 is 1.95 bits per heavy atom. The van der Waals surface area contributed by atoms with Gasteiger partial charge < -0.3 is 15.0 Å². The van der Waals surface area contributed by atoms with E-state index in [0.29, 0.717) is 17.9 Å². The highest BCUT2D eigenvalue weighted by Gasteiger charge is 2.15. The molecular weight excluding hydrogens is 276 g/mol. The van der Waals surface area contributed by atoms with Crippen LogP contribution in [0.3, 0.4) is 0 Å². The molecule has 2 aromatic carbocycles. The number of rotatable bonds is 5. The Hall–Kier alpha value is -2.49. The molecule has 0 bridgehead atoms. The number of ether oxygens (including phenoxy) is 1. The molecule has 0 atom stereocenters. The number of carbonyl (C=O) groups is 1. The van der Waals surface area contributed by atoms with Crippen molar-refractivity contribution in [2.75, 3.05) is 36.5 Å². The van der Waals surface area contributed by atoms with E-state index in [1.54, 1.807) is 13.0 Å². The molecule has 0 saturated carbocycles. The number of hydrogen-bond donors (Lipinski definition) is 1. The number of Topliss-reactive ketones (excluding diaryl/α,β-unsaturated/α-hetero) is 1. The zero-order valence-corrected chi connectivity index (χ0v) is 12.7. The minimum atomic E-state index is 0.0307. The number of fused-ring (bicyclic) bond motifs is 1. The summed E-state index contributed by atoms with van der Waals surface area (Å²) in [7, 11) is 0. The van der Waals surface area contributed by atoms with Gasteiger partial charge in [-0.3, -0.25) is 4.79 Å². The number of hydrogen-bond acceptors (Lipinski definition) is 4. The monoisotopic (exact) mass is 296 g/mol. The third-order valence-corrected chi connectivity index (χ3v) is 3.83. The van der Waals surface area contributed by atoms with Crippen LogP contribution < -0.4 is 15.0 Å². The second-order valence-corrected chi connectivity index (χ2v) is 5.33. The van der Waals surface area contributed by atoms with E-state index in [1.165, 1.54) is 5.69 Å². The lowest BCUT2D eigenvalue weighted by Gasteiger charge is -2.32. The second kappa shape index (κ2) is 6.52. The Balaban J connectivity index is 1.64. The van der Waals surface area contributed by atoms with Gasteiger partial charge in [-0.25, -0.2) is 0 Å². The average Bonchev–Trinajstić information content (AvgIpc) is 2.55. The van der Waals surface area contributed by atoms with Gasteiger partial charge in [-0.2, -0.15) is 0 Å². The van der Waals surface area contributed by atoms with Crippen LogP contribution in [0.25, 0.3) is 0 Å². The van der Waals surface area contributed by atoms with Gasteiger partial charge in [-0.1, -0.05) is 24.3 Å². The lowest BCUT2D eigenvalue weighted by molar-refractivity contribution is 0.101. The lowest BCUT2D eigenvalue weighted by atomic mass is 10.1. The molecule has 0 aliphatic carbocycles. The fourth-order valence-electron chi connectivity index (χ4n) is 2.73. The first-order chi connectivity index (χ1) is 10.8. The number of carbonyl (C=O) groups excluding carboxylic acids is 1. The maximum absolute atomic E-state index is 11.6. The van der Waals surface area contributed by atoms with E-state index in [0.717, 1.165) is 25.3 Å². The van der Waals surface area contributed by atoms with Crippen molar-refractivity contribution in [2.45, 2.75) is 6.92 Å². The zero-order chi connectivity index (χ0) is 15.4. The maximum Gasteiger partial charge on any atom is 0.163 e. The summed E-state index contributed by atoms with van der Waals surface area (Å²) in [4.78, 5) is 13.9. The van der Waals surface area contributed by atoms with Crippen molar-refractivity contribution in [3.8, 4) is 5.75 Å². The number of anilines is 2. The first-order valence-corrected chi connectivity index (χ1v) is 7.56. The van der Waals surface area contributed by atoms with Gasteiger partial charge in [0.25, 0.3) is 0 Å². The van der Waals surface area contributed by atoms with E-state index in [9.17, 15) is 4.79 Å². The molecule has 0 aromatic heterocycles. The number of ketones is 1. The van der Waals surface area contributed by atoms with Gasteiger partial charge in [-0.05, 0) is 31.2 Å². The molecule has 0 spiro atoms. The van der Waals surface area contributed by atoms with E-state index >= 15 is 0 Å². The number of nitrogens with one attached hydrogen (secondary N) is 1. The van der Waals surface area contributed by atoms with Crippen LogP contribution >= 0.6 is 0 Å². The molecule has 4 heteroatoms. The summed E-state index contributed by atoms with van der Waals surface area (Å²) in [5, 5.41) is 3.40. The largest absolute Gasteiger partial charge is 0.491 e. The van der Waals surface area contributed by atoms with E-state index in [4.69, 9.17) is 4.74 Å². The van der Waals surface area contributed by atoms with E-state index in [1.807, 2.05) is 30.3 Å². The van der Waals surface area contributed by atoms with Gasteiger partial charge in [0.15, 0.2) is 5.78 Å². The molecule has 0 radical (unpaired) electrons. The van der Waals surface area contributed by atoms with Gasteiger partial charge in [-0.15, -0.1) is 0 Å². The first kappa shape index (κ1) is 14.4. The minimum Gasteiger partial charge on any atom is -0.491 e. The minimum absolute atomic E-state index is 0.0307. The highest BCUT2D eigenvalue weighted by atomic mass is 16.5. The molecular formula is C18H20N2O2. The molecule has 0 amide bonds. The van der Waals surface area contributed by atoms with Crippen LogP contribution in [0.15, 0.2) is 48.5 Å². The summed E-state index contributed by atoms with van der Waals surface area (Å²) in [6.45, 7) is 4.80. The summed E-state index contributed by atoms with van der Waals surface area (Å²) in [5.41, 5.74) is 3.01. The van der Waals surface area contributed by atoms with Crippen LogP contribution in [0.4, 0.5) is 11.4 Å². The number of para-hydroxylation sites is 3. The van der Waals surface area contributed by atoms with Gasteiger partial charge in [0.05, 0.1) is 23.5 Å². The van der Waals surface area contributed by atoms with Crippen molar-refractivity contribution in [1.29, 1.82) is 0 Å². The van der Waals surface area contributed by atoms with Gasteiger partial charge >= 0.3 is 0 Å². The predicted octanol–water partition coefficient (Wildman–Crippen LogP) is 3.20. The molecule has 1 heterocycles. The Labute approximate surface area is 130 Å². The van der Waals surface area contributed by atoms with Crippen molar-refractivity contribution < 1.29 is 9.53 Å². The molecule has 0 fully saturated rings. The van der Waals surface area contributed by atoms with Crippen molar-refractivity contribution in [2.24, 2.45) is 0 Å². The quantitative estimate of drug-likeness (QED) is 0.860. The molecule has 0 unspecified atom stereocenters. The summed E-state index contributed by atoms with van der Waals surface area (Å²) in [6.07, 6.45) is 0. The molecule has 2 aromatic rings. The van der Waals surface area contributed by atoms with Crippen LogP contribution in [0.1, 0.15) is 17.3 Å².